The number of hydrogen-bond acceptors (Lipinski definition) is 8. The predicted molar refractivity (Wildman–Crippen MR) is 175 cm³/mol. The maximum atomic E-state index is 10.5. The molecule has 1 unspecified atom stereocenters. The van der Waals surface area contributed by atoms with Gasteiger partial charge in [0.05, 0.1) is 40.9 Å². The van der Waals surface area contributed by atoms with E-state index in [1.54, 1.807) is 38.1 Å². The second kappa shape index (κ2) is 14.2. The third kappa shape index (κ3) is 7.55. The molecule has 1 atom stereocenters. The molecule has 0 spiro atoms. The monoisotopic (exact) mass is 624 g/mol. The molecule has 10 heteroatoms. The highest BCUT2D eigenvalue weighted by Crippen LogP contribution is 2.47. The SMILES string of the molecule is CCN1C(=CC=CC=CC2Sc3cc(OC)ccc3N2CC)Sc2cc(OC)ccc21.Cc1ccc(S(=O)(=O)O)cc1. The molecule has 3 aromatic carbocycles. The smallest absolute Gasteiger partial charge is 0.294 e. The Morgan fingerprint density at radius 2 is 1.50 bits per heavy atom. The molecule has 0 saturated heterocycles. The second-order valence-electron chi connectivity index (χ2n) is 9.37. The van der Waals surface area contributed by atoms with Crippen LogP contribution < -0.4 is 19.3 Å². The van der Waals surface area contributed by atoms with Crippen molar-refractivity contribution in [1.29, 1.82) is 0 Å². The minimum atomic E-state index is -4.02. The van der Waals surface area contributed by atoms with Gasteiger partial charge in [0.15, 0.2) is 0 Å². The van der Waals surface area contributed by atoms with E-state index in [0.29, 0.717) is 5.37 Å². The summed E-state index contributed by atoms with van der Waals surface area (Å²) in [6.07, 6.45) is 10.8. The molecule has 42 heavy (non-hydrogen) atoms. The fraction of sp³-hybridized carbons (Fsp3) is 0.250. The summed E-state index contributed by atoms with van der Waals surface area (Å²) in [5, 5.41) is 1.54. The van der Waals surface area contributed by atoms with Crippen molar-refractivity contribution < 1.29 is 22.4 Å². The number of rotatable bonds is 8. The van der Waals surface area contributed by atoms with Crippen LogP contribution in [-0.2, 0) is 10.1 Å². The average Bonchev–Trinajstić information content (AvgIpc) is 3.52. The molecule has 0 aromatic heterocycles. The number of allylic oxidation sites excluding steroid dienone is 4. The first-order valence-electron chi connectivity index (χ1n) is 13.5. The topological polar surface area (TPSA) is 79.3 Å². The van der Waals surface area contributed by atoms with Gasteiger partial charge in [-0.2, -0.15) is 8.42 Å². The molecule has 2 heterocycles. The lowest BCUT2D eigenvalue weighted by molar-refractivity contribution is 0.413. The number of hydrogen-bond donors (Lipinski definition) is 1. The molecule has 0 bridgehead atoms. The van der Waals surface area contributed by atoms with Gasteiger partial charge in [-0.25, -0.2) is 0 Å². The highest BCUT2D eigenvalue weighted by atomic mass is 32.2. The summed E-state index contributed by atoms with van der Waals surface area (Å²) in [5.74, 6) is 1.81. The lowest BCUT2D eigenvalue weighted by Crippen LogP contribution is -2.27. The molecule has 0 radical (unpaired) electrons. The number of nitrogens with zero attached hydrogens (tertiary/aromatic N) is 2. The van der Waals surface area contributed by atoms with E-state index < -0.39 is 10.1 Å². The van der Waals surface area contributed by atoms with Crippen LogP contribution in [-0.4, -0.2) is 45.7 Å². The van der Waals surface area contributed by atoms with Crippen molar-refractivity contribution in [3.63, 3.8) is 0 Å². The van der Waals surface area contributed by atoms with Crippen LogP contribution >= 0.6 is 23.5 Å². The Kier molecular flexibility index (Phi) is 10.7. The highest BCUT2D eigenvalue weighted by Gasteiger charge is 2.27. The van der Waals surface area contributed by atoms with E-state index in [2.05, 4.69) is 78.3 Å². The lowest BCUT2D eigenvalue weighted by atomic mass is 10.2. The summed E-state index contributed by atoms with van der Waals surface area (Å²) < 4.78 is 40.3. The zero-order chi connectivity index (χ0) is 30.3. The van der Waals surface area contributed by atoms with Crippen LogP contribution in [0, 0.1) is 6.92 Å². The van der Waals surface area contributed by atoms with E-state index in [9.17, 15) is 8.42 Å². The molecule has 0 aliphatic carbocycles. The van der Waals surface area contributed by atoms with Gasteiger partial charge in [-0.3, -0.25) is 4.55 Å². The van der Waals surface area contributed by atoms with E-state index in [-0.39, 0.29) is 4.90 Å². The number of anilines is 2. The van der Waals surface area contributed by atoms with Gasteiger partial charge >= 0.3 is 0 Å². The standard InChI is InChI=1S/C25H28N2O2S2.C7H8O3S/c1-5-26-20-14-12-18(28-3)16-22(20)30-24(26)10-8-7-9-11-25-27(6-2)21-15-13-19(29-4)17-23(21)31-25;1-6-2-4-7(5-3-6)11(8,9)10/h7-17,24H,5-6H2,1-4H3;2-5H,1H3,(H,8,9,10). The zero-order valence-electron chi connectivity index (χ0n) is 24.4. The summed E-state index contributed by atoms with van der Waals surface area (Å²) in [4.78, 5) is 7.20. The van der Waals surface area contributed by atoms with Crippen LogP contribution in [0.2, 0.25) is 0 Å². The normalized spacial score (nSPS) is 17.0. The van der Waals surface area contributed by atoms with E-state index in [1.165, 1.54) is 38.3 Å². The maximum absolute atomic E-state index is 10.5. The van der Waals surface area contributed by atoms with Crippen molar-refractivity contribution >= 4 is 45.0 Å². The Balaban J connectivity index is 0.000000310. The Labute approximate surface area is 257 Å². The molecule has 0 amide bonds. The number of benzene rings is 3. The number of likely N-dealkylation sites (N-methyl/N-ethyl adjacent to an activating group) is 1. The fourth-order valence-corrected chi connectivity index (χ4v) is 7.47. The van der Waals surface area contributed by atoms with Crippen LogP contribution in [0.25, 0.3) is 0 Å². The van der Waals surface area contributed by atoms with Gasteiger partial charge in [0.1, 0.15) is 11.5 Å². The van der Waals surface area contributed by atoms with Gasteiger partial charge in [-0.15, -0.1) is 0 Å². The molecule has 2 aliphatic rings. The van der Waals surface area contributed by atoms with E-state index in [0.717, 1.165) is 30.2 Å². The van der Waals surface area contributed by atoms with Crippen molar-refractivity contribution in [3.05, 3.63) is 102 Å². The van der Waals surface area contributed by atoms with Crippen LogP contribution in [0.3, 0.4) is 0 Å². The molecule has 3 aromatic rings. The molecule has 7 nitrogen and oxygen atoms in total. The molecule has 0 fully saturated rings. The van der Waals surface area contributed by atoms with Crippen LogP contribution in [0.5, 0.6) is 11.5 Å². The molecular weight excluding hydrogens is 589 g/mol. The van der Waals surface area contributed by atoms with E-state index >= 15 is 0 Å². The van der Waals surface area contributed by atoms with Crippen LogP contribution in [0.1, 0.15) is 19.4 Å². The number of methoxy groups -OCH3 is 2. The van der Waals surface area contributed by atoms with Crippen LogP contribution in [0.15, 0.2) is 111 Å². The number of ether oxygens (including phenoxy) is 2. The molecule has 222 valence electrons. The zero-order valence-corrected chi connectivity index (χ0v) is 26.8. The largest absolute Gasteiger partial charge is 0.497 e. The minimum Gasteiger partial charge on any atom is -0.497 e. The Bertz CT molecular complexity index is 1580. The van der Waals surface area contributed by atoms with Gasteiger partial charge in [0.25, 0.3) is 10.1 Å². The van der Waals surface area contributed by atoms with Crippen molar-refractivity contribution in [2.75, 3.05) is 37.1 Å². The minimum absolute atomic E-state index is 0.0666. The first-order chi connectivity index (χ1) is 20.2. The molecule has 0 saturated carbocycles. The number of fused-ring (bicyclic) bond motifs is 2. The van der Waals surface area contributed by atoms with E-state index in [4.69, 9.17) is 14.0 Å². The lowest BCUT2D eigenvalue weighted by Gasteiger charge is -2.22. The summed E-state index contributed by atoms with van der Waals surface area (Å²) >= 11 is 3.65. The van der Waals surface area contributed by atoms with Gasteiger partial charge < -0.3 is 19.3 Å². The summed E-state index contributed by atoms with van der Waals surface area (Å²) in [7, 11) is -0.594. The predicted octanol–water partition coefficient (Wildman–Crippen LogP) is 7.79. The maximum Gasteiger partial charge on any atom is 0.294 e. The van der Waals surface area contributed by atoms with Gasteiger partial charge in [-0.05, 0) is 75.4 Å². The number of aryl methyl sites for hydroxylation is 1. The molecule has 1 N–H and O–H groups in total. The first-order valence-corrected chi connectivity index (χ1v) is 16.7. The van der Waals surface area contributed by atoms with Gasteiger partial charge in [0.2, 0.25) is 0 Å². The van der Waals surface area contributed by atoms with Crippen molar-refractivity contribution in [2.45, 2.75) is 40.8 Å². The summed E-state index contributed by atoms with van der Waals surface area (Å²) in [6, 6.07) is 18.6. The molecule has 5 rings (SSSR count). The molecule has 2 aliphatic heterocycles. The quantitative estimate of drug-likeness (QED) is 0.200. The van der Waals surface area contributed by atoms with Crippen molar-refractivity contribution in [1.82, 2.24) is 0 Å². The van der Waals surface area contributed by atoms with Crippen molar-refractivity contribution in [3.8, 4) is 11.5 Å². The van der Waals surface area contributed by atoms with Gasteiger partial charge in [-0.1, -0.05) is 65.5 Å². The Morgan fingerprint density at radius 1 is 0.857 bits per heavy atom. The number of thioether (sulfide) groups is 2. The third-order valence-electron chi connectivity index (χ3n) is 6.68. The highest BCUT2D eigenvalue weighted by molar-refractivity contribution is 8.03. The second-order valence-corrected chi connectivity index (χ2v) is 13.0. The fourth-order valence-electron chi connectivity index (χ4n) is 4.51. The third-order valence-corrected chi connectivity index (χ3v) is 9.90. The first kappa shape index (κ1) is 31.6. The summed E-state index contributed by atoms with van der Waals surface area (Å²) in [5.41, 5.74) is 3.48. The Hall–Kier alpha value is -3.31. The Morgan fingerprint density at radius 3 is 2.10 bits per heavy atom. The van der Waals surface area contributed by atoms with Crippen LogP contribution in [0.4, 0.5) is 11.4 Å². The summed E-state index contributed by atoms with van der Waals surface area (Å²) in [6.45, 7) is 8.13. The average molecular weight is 625 g/mol. The van der Waals surface area contributed by atoms with E-state index in [1.807, 2.05) is 30.8 Å². The van der Waals surface area contributed by atoms with Crippen molar-refractivity contribution in [2.24, 2.45) is 0 Å². The molecular formula is C32H36N2O5S3. The van der Waals surface area contributed by atoms with Gasteiger partial charge in [0, 0.05) is 22.9 Å².